The lowest BCUT2D eigenvalue weighted by Crippen LogP contribution is -2.62. The Hall–Kier alpha value is -2.56. The van der Waals surface area contributed by atoms with Gasteiger partial charge in [0.2, 0.25) is 11.8 Å². The number of nitrogens with zero attached hydrogens (tertiary/aromatic N) is 1. The summed E-state index contributed by atoms with van der Waals surface area (Å²) in [5.74, 6) is 0.240. The lowest BCUT2D eigenvalue weighted by atomic mass is 9.84. The molecule has 3 atom stereocenters. The highest BCUT2D eigenvalue weighted by atomic mass is 16.2. The molecule has 27 heavy (non-hydrogen) atoms. The number of para-hydroxylation sites is 1. The van der Waals surface area contributed by atoms with Crippen LogP contribution in [0.3, 0.4) is 0 Å². The smallest absolute Gasteiger partial charge is 0.246 e. The molecule has 142 valence electrons. The predicted octanol–water partition coefficient (Wildman–Crippen LogP) is 2.91. The number of allylic oxidation sites excluding steroid dienone is 1. The first-order valence-electron chi connectivity index (χ1n) is 9.68. The molecule has 0 bridgehead atoms. The van der Waals surface area contributed by atoms with Gasteiger partial charge in [0.05, 0.1) is 0 Å². The summed E-state index contributed by atoms with van der Waals surface area (Å²) >= 11 is 0. The molecule has 1 aromatic carbocycles. The highest BCUT2D eigenvalue weighted by molar-refractivity contribution is 5.98. The van der Waals surface area contributed by atoms with Crippen LogP contribution in [-0.2, 0) is 21.4 Å². The number of piperazine rings is 1. The van der Waals surface area contributed by atoms with Gasteiger partial charge in [-0.2, -0.15) is 0 Å². The SMILES string of the molecule is C=CC(C)(C)c1[nH]c2ccccc2c1C[C@H]1NC(=O)[C@@H]2[C@@H](C)CCN2C1=O. The first-order chi connectivity index (χ1) is 12.8. The zero-order valence-electron chi connectivity index (χ0n) is 16.2. The van der Waals surface area contributed by atoms with Gasteiger partial charge in [-0.15, -0.1) is 6.58 Å². The zero-order chi connectivity index (χ0) is 19.3. The maximum atomic E-state index is 13.1. The molecule has 0 spiro atoms. The Bertz CT molecular complexity index is 927. The molecule has 2 aromatic rings. The topological polar surface area (TPSA) is 65.2 Å². The summed E-state index contributed by atoms with van der Waals surface area (Å²) in [6, 6.07) is 7.29. The second-order valence-electron chi connectivity index (χ2n) is 8.46. The van der Waals surface area contributed by atoms with Crippen molar-refractivity contribution in [1.29, 1.82) is 0 Å². The minimum Gasteiger partial charge on any atom is -0.357 e. The van der Waals surface area contributed by atoms with Gasteiger partial charge in [-0.1, -0.05) is 45.0 Å². The molecular formula is C22H27N3O2. The van der Waals surface area contributed by atoms with E-state index < -0.39 is 6.04 Å². The lowest BCUT2D eigenvalue weighted by molar-refractivity contribution is -0.147. The van der Waals surface area contributed by atoms with Crippen LogP contribution in [-0.4, -0.2) is 40.3 Å². The van der Waals surface area contributed by atoms with Gasteiger partial charge in [-0.25, -0.2) is 0 Å². The lowest BCUT2D eigenvalue weighted by Gasteiger charge is -2.36. The fraction of sp³-hybridized carbons (Fsp3) is 0.455. The van der Waals surface area contributed by atoms with Crippen LogP contribution < -0.4 is 5.32 Å². The summed E-state index contributed by atoms with van der Waals surface area (Å²) < 4.78 is 0. The van der Waals surface area contributed by atoms with Crippen molar-refractivity contribution in [3.05, 3.63) is 48.2 Å². The highest BCUT2D eigenvalue weighted by Gasteiger charge is 2.46. The zero-order valence-corrected chi connectivity index (χ0v) is 16.2. The number of fused-ring (bicyclic) bond motifs is 2. The summed E-state index contributed by atoms with van der Waals surface area (Å²) in [6.07, 6.45) is 3.29. The van der Waals surface area contributed by atoms with Gasteiger partial charge in [0, 0.05) is 35.0 Å². The van der Waals surface area contributed by atoms with Crippen LogP contribution in [0.5, 0.6) is 0 Å². The number of hydrogen-bond acceptors (Lipinski definition) is 2. The molecule has 2 aliphatic rings. The Balaban J connectivity index is 1.73. The van der Waals surface area contributed by atoms with Crippen molar-refractivity contribution in [3.8, 4) is 0 Å². The third-order valence-electron chi connectivity index (χ3n) is 6.24. The van der Waals surface area contributed by atoms with Gasteiger partial charge in [0.15, 0.2) is 0 Å². The average Bonchev–Trinajstić information content (AvgIpc) is 3.21. The van der Waals surface area contributed by atoms with Crippen LogP contribution in [0.1, 0.15) is 38.4 Å². The minimum atomic E-state index is -0.516. The van der Waals surface area contributed by atoms with Crippen molar-refractivity contribution in [3.63, 3.8) is 0 Å². The molecule has 2 fully saturated rings. The van der Waals surface area contributed by atoms with E-state index in [-0.39, 0.29) is 29.2 Å². The van der Waals surface area contributed by atoms with E-state index in [2.05, 4.69) is 36.8 Å². The van der Waals surface area contributed by atoms with Gasteiger partial charge in [-0.05, 0) is 24.0 Å². The van der Waals surface area contributed by atoms with Crippen LogP contribution >= 0.6 is 0 Å². The number of rotatable bonds is 4. The molecule has 2 saturated heterocycles. The predicted molar refractivity (Wildman–Crippen MR) is 106 cm³/mol. The summed E-state index contributed by atoms with van der Waals surface area (Å²) in [7, 11) is 0. The molecule has 5 heteroatoms. The average molecular weight is 365 g/mol. The van der Waals surface area contributed by atoms with Gasteiger partial charge >= 0.3 is 0 Å². The van der Waals surface area contributed by atoms with E-state index in [0.717, 1.165) is 28.6 Å². The first kappa shape index (κ1) is 17.8. The number of nitrogens with one attached hydrogen (secondary N) is 2. The van der Waals surface area contributed by atoms with E-state index in [0.29, 0.717) is 13.0 Å². The molecule has 0 unspecified atom stereocenters. The van der Waals surface area contributed by atoms with Crippen LogP contribution in [0.25, 0.3) is 10.9 Å². The van der Waals surface area contributed by atoms with Crippen LogP contribution in [0.4, 0.5) is 0 Å². The number of amides is 2. The molecule has 0 saturated carbocycles. The molecule has 0 radical (unpaired) electrons. The van der Waals surface area contributed by atoms with E-state index in [4.69, 9.17) is 0 Å². The van der Waals surface area contributed by atoms with E-state index >= 15 is 0 Å². The molecule has 2 amide bonds. The second kappa shape index (κ2) is 6.25. The number of H-pyrrole nitrogens is 1. The molecule has 5 nitrogen and oxygen atoms in total. The van der Waals surface area contributed by atoms with Crippen molar-refractivity contribution in [1.82, 2.24) is 15.2 Å². The van der Waals surface area contributed by atoms with Crippen LogP contribution in [0.15, 0.2) is 36.9 Å². The summed E-state index contributed by atoms with van der Waals surface area (Å²) in [6.45, 7) is 10.9. The quantitative estimate of drug-likeness (QED) is 0.818. The Morgan fingerprint density at radius 1 is 1.30 bits per heavy atom. The number of carbonyl (C=O) groups is 2. The molecular weight excluding hydrogens is 338 g/mol. The number of hydrogen-bond donors (Lipinski definition) is 2. The molecule has 0 aliphatic carbocycles. The summed E-state index contributed by atoms with van der Waals surface area (Å²) in [5.41, 5.74) is 2.91. The number of carbonyl (C=O) groups excluding carboxylic acids is 2. The van der Waals surface area contributed by atoms with E-state index in [1.54, 1.807) is 4.90 Å². The molecule has 1 aromatic heterocycles. The number of benzene rings is 1. The Kier molecular flexibility index (Phi) is 4.13. The van der Waals surface area contributed by atoms with Crippen molar-refractivity contribution in [2.75, 3.05) is 6.54 Å². The van der Waals surface area contributed by atoms with Gasteiger partial charge in [0.1, 0.15) is 12.1 Å². The molecule has 2 N–H and O–H groups in total. The summed E-state index contributed by atoms with van der Waals surface area (Å²) in [5, 5.41) is 4.10. The fourth-order valence-corrected chi connectivity index (χ4v) is 4.52. The number of aromatic nitrogens is 1. The van der Waals surface area contributed by atoms with E-state index in [9.17, 15) is 9.59 Å². The third kappa shape index (κ3) is 2.76. The molecule has 2 aliphatic heterocycles. The van der Waals surface area contributed by atoms with Crippen LogP contribution in [0, 0.1) is 5.92 Å². The fourth-order valence-electron chi connectivity index (χ4n) is 4.52. The van der Waals surface area contributed by atoms with Gasteiger partial charge in [0.25, 0.3) is 0 Å². The monoisotopic (exact) mass is 365 g/mol. The Morgan fingerprint density at radius 3 is 2.78 bits per heavy atom. The van der Waals surface area contributed by atoms with Gasteiger partial charge < -0.3 is 15.2 Å². The maximum absolute atomic E-state index is 13.1. The van der Waals surface area contributed by atoms with Gasteiger partial charge in [-0.3, -0.25) is 9.59 Å². The van der Waals surface area contributed by atoms with Crippen LogP contribution in [0.2, 0.25) is 0 Å². The third-order valence-corrected chi connectivity index (χ3v) is 6.24. The maximum Gasteiger partial charge on any atom is 0.246 e. The van der Waals surface area contributed by atoms with Crippen molar-refractivity contribution in [2.45, 2.75) is 51.1 Å². The minimum absolute atomic E-state index is 0.0195. The molecule has 4 rings (SSSR count). The second-order valence-corrected chi connectivity index (χ2v) is 8.46. The van der Waals surface area contributed by atoms with Crippen molar-refractivity contribution < 1.29 is 9.59 Å². The largest absolute Gasteiger partial charge is 0.357 e. The van der Waals surface area contributed by atoms with E-state index in [1.165, 1.54) is 0 Å². The summed E-state index contributed by atoms with van der Waals surface area (Å²) in [4.78, 5) is 31.0. The standard InChI is InChI=1S/C22H27N3O2/c1-5-22(3,4)19-15(14-8-6-7-9-16(14)23-19)12-17-21(27)25-11-10-13(2)18(25)20(26)24-17/h5-9,13,17-18,23H,1,10-12H2,2-4H3,(H,24,26)/t13-,17+,18-/m0/s1. The van der Waals surface area contributed by atoms with Crippen molar-refractivity contribution >= 4 is 22.7 Å². The normalized spacial score (nSPS) is 25.6. The Labute approximate surface area is 159 Å². The number of aromatic amines is 1. The Morgan fingerprint density at radius 2 is 2.04 bits per heavy atom. The van der Waals surface area contributed by atoms with E-state index in [1.807, 2.05) is 31.2 Å². The first-order valence-corrected chi connectivity index (χ1v) is 9.68. The molecule has 3 heterocycles. The van der Waals surface area contributed by atoms with Crippen molar-refractivity contribution in [2.24, 2.45) is 5.92 Å². The highest BCUT2D eigenvalue weighted by Crippen LogP contribution is 2.35.